The number of hydrogen-bond acceptors (Lipinski definition) is 4. The summed E-state index contributed by atoms with van der Waals surface area (Å²) in [4.78, 5) is 37.2. The first-order chi connectivity index (χ1) is 11.1. The lowest BCUT2D eigenvalue weighted by Crippen LogP contribution is -2.33. The summed E-state index contributed by atoms with van der Waals surface area (Å²) in [5.41, 5.74) is 2.25. The van der Waals surface area contributed by atoms with Gasteiger partial charge in [0.2, 0.25) is 5.78 Å². The van der Waals surface area contributed by atoms with Crippen LogP contribution in [0.1, 0.15) is 27.5 Å². The highest BCUT2D eigenvalue weighted by Gasteiger charge is 2.35. The van der Waals surface area contributed by atoms with Crippen molar-refractivity contribution in [2.45, 2.75) is 12.6 Å². The molecule has 116 valence electrons. The number of benzene rings is 2. The molecule has 5 heteroatoms. The summed E-state index contributed by atoms with van der Waals surface area (Å²) >= 11 is 5.91. The number of ketones is 2. The van der Waals surface area contributed by atoms with Crippen molar-refractivity contribution >= 4 is 29.5 Å². The molecule has 4 nitrogen and oxygen atoms in total. The number of aldehydes is 1. The van der Waals surface area contributed by atoms with Crippen LogP contribution < -0.4 is 0 Å². The van der Waals surface area contributed by atoms with Gasteiger partial charge in [0.25, 0.3) is 0 Å². The highest BCUT2D eigenvalue weighted by Crippen LogP contribution is 2.33. The Kier molecular flexibility index (Phi) is 4.37. The van der Waals surface area contributed by atoms with E-state index in [0.29, 0.717) is 23.4 Å². The maximum atomic E-state index is 12.5. The number of carbonyl (C=O) groups excluding carboxylic acids is 3. The molecule has 2 aromatic carbocycles. The largest absolute Gasteiger partial charge is 0.295 e. The lowest BCUT2D eigenvalue weighted by atomic mass is 10.0. The predicted molar refractivity (Wildman–Crippen MR) is 86.4 cm³/mol. The summed E-state index contributed by atoms with van der Waals surface area (Å²) in [6, 6.07) is 13.4. The predicted octanol–water partition coefficient (Wildman–Crippen LogP) is 2.85. The number of hydrogen-bond donors (Lipinski definition) is 0. The van der Waals surface area contributed by atoms with E-state index >= 15 is 0 Å². The summed E-state index contributed by atoms with van der Waals surface area (Å²) in [5, 5.41) is 0.487. The van der Waals surface area contributed by atoms with Crippen molar-refractivity contribution < 1.29 is 14.4 Å². The van der Waals surface area contributed by atoms with Gasteiger partial charge in [0.05, 0.1) is 6.54 Å². The molecule has 0 saturated heterocycles. The third-order valence-electron chi connectivity index (χ3n) is 3.97. The second-order valence-corrected chi connectivity index (χ2v) is 5.90. The van der Waals surface area contributed by atoms with Gasteiger partial charge in [-0.3, -0.25) is 19.3 Å². The SMILES string of the molecule is O=CC(=O)C1c2ccccc2CN1CC(=O)c1cccc(Cl)c1. The van der Waals surface area contributed by atoms with Gasteiger partial charge in [-0.25, -0.2) is 0 Å². The van der Waals surface area contributed by atoms with Gasteiger partial charge >= 0.3 is 0 Å². The third kappa shape index (κ3) is 3.09. The first-order valence-corrected chi connectivity index (χ1v) is 7.57. The van der Waals surface area contributed by atoms with E-state index in [1.165, 1.54) is 0 Å². The van der Waals surface area contributed by atoms with Crippen LogP contribution in [-0.2, 0) is 16.1 Å². The van der Waals surface area contributed by atoms with E-state index in [2.05, 4.69) is 0 Å². The topological polar surface area (TPSA) is 54.5 Å². The minimum atomic E-state index is -0.688. The normalized spacial score (nSPS) is 16.8. The lowest BCUT2D eigenvalue weighted by molar-refractivity contribution is -0.133. The minimum Gasteiger partial charge on any atom is -0.295 e. The van der Waals surface area contributed by atoms with Crippen LogP contribution in [0.25, 0.3) is 0 Å². The van der Waals surface area contributed by atoms with Crippen LogP contribution in [0.3, 0.4) is 0 Å². The standard InChI is InChI=1S/C18H14ClNO3/c19-14-6-3-5-12(8-14)16(22)10-20-9-13-4-1-2-7-15(13)18(20)17(23)11-21/h1-8,11,18H,9-10H2. The van der Waals surface area contributed by atoms with Crippen LogP contribution in [-0.4, -0.2) is 29.3 Å². The maximum Gasteiger partial charge on any atom is 0.216 e. The summed E-state index contributed by atoms with van der Waals surface area (Å²) in [7, 11) is 0. The molecule has 0 bridgehead atoms. The smallest absolute Gasteiger partial charge is 0.216 e. The van der Waals surface area contributed by atoms with Crippen LogP contribution in [0.5, 0.6) is 0 Å². The molecule has 0 aliphatic carbocycles. The van der Waals surface area contributed by atoms with E-state index in [4.69, 9.17) is 11.6 Å². The molecule has 0 aromatic heterocycles. The molecule has 2 aromatic rings. The van der Waals surface area contributed by atoms with Gasteiger partial charge in [-0.1, -0.05) is 48.0 Å². The van der Waals surface area contributed by atoms with Crippen molar-refractivity contribution in [3.63, 3.8) is 0 Å². The van der Waals surface area contributed by atoms with Gasteiger partial charge in [0.1, 0.15) is 6.04 Å². The number of nitrogens with zero attached hydrogens (tertiary/aromatic N) is 1. The van der Waals surface area contributed by atoms with E-state index in [0.717, 1.165) is 11.1 Å². The number of Topliss-reactive ketones (excluding diaryl/α,β-unsaturated/α-hetero) is 2. The lowest BCUT2D eigenvalue weighted by Gasteiger charge is -2.21. The Bertz CT molecular complexity index is 787. The molecule has 0 fully saturated rings. The molecule has 23 heavy (non-hydrogen) atoms. The van der Waals surface area contributed by atoms with Gasteiger partial charge < -0.3 is 0 Å². The Hall–Kier alpha value is -2.30. The van der Waals surface area contributed by atoms with Crippen LogP contribution in [0.4, 0.5) is 0 Å². The number of carbonyl (C=O) groups is 3. The molecule has 0 saturated carbocycles. The third-order valence-corrected chi connectivity index (χ3v) is 4.20. The zero-order valence-corrected chi connectivity index (χ0v) is 13.0. The molecule has 0 spiro atoms. The van der Waals surface area contributed by atoms with Gasteiger partial charge in [0.15, 0.2) is 12.1 Å². The Balaban J connectivity index is 1.86. The molecule has 0 amide bonds. The number of halogens is 1. The second-order valence-electron chi connectivity index (χ2n) is 5.46. The average Bonchev–Trinajstić information content (AvgIpc) is 2.92. The van der Waals surface area contributed by atoms with Crippen LogP contribution >= 0.6 is 11.6 Å². The van der Waals surface area contributed by atoms with Crippen LogP contribution in [0.2, 0.25) is 5.02 Å². The van der Waals surface area contributed by atoms with Crippen molar-refractivity contribution in [1.82, 2.24) is 4.90 Å². The quantitative estimate of drug-likeness (QED) is 0.481. The van der Waals surface area contributed by atoms with Gasteiger partial charge in [-0.2, -0.15) is 0 Å². The molecule has 1 aliphatic heterocycles. The number of rotatable bonds is 5. The molecule has 1 aliphatic rings. The fourth-order valence-corrected chi connectivity index (χ4v) is 3.12. The minimum absolute atomic E-state index is 0.0548. The maximum absolute atomic E-state index is 12.5. The molecular formula is C18H14ClNO3. The number of fused-ring (bicyclic) bond motifs is 1. The van der Waals surface area contributed by atoms with Crippen LogP contribution in [0, 0.1) is 0 Å². The van der Waals surface area contributed by atoms with Gasteiger partial charge in [-0.05, 0) is 23.3 Å². The van der Waals surface area contributed by atoms with Crippen molar-refractivity contribution in [3.05, 3.63) is 70.2 Å². The second kappa shape index (κ2) is 6.44. The van der Waals surface area contributed by atoms with Crippen molar-refractivity contribution in [2.24, 2.45) is 0 Å². The Morgan fingerprint density at radius 1 is 1.17 bits per heavy atom. The zero-order valence-electron chi connectivity index (χ0n) is 12.2. The fourth-order valence-electron chi connectivity index (χ4n) is 2.93. The molecule has 3 rings (SSSR count). The average molecular weight is 328 g/mol. The summed E-state index contributed by atoms with van der Waals surface area (Å²) in [6.45, 7) is 0.520. The van der Waals surface area contributed by atoms with Crippen LogP contribution in [0.15, 0.2) is 48.5 Å². The van der Waals surface area contributed by atoms with E-state index < -0.39 is 11.8 Å². The van der Waals surface area contributed by atoms with Crippen molar-refractivity contribution in [2.75, 3.05) is 6.54 Å². The van der Waals surface area contributed by atoms with Gasteiger partial charge in [0, 0.05) is 17.1 Å². The summed E-state index contributed by atoms with van der Waals surface area (Å²) < 4.78 is 0. The van der Waals surface area contributed by atoms with E-state index in [1.807, 2.05) is 24.3 Å². The van der Waals surface area contributed by atoms with E-state index in [1.54, 1.807) is 29.2 Å². The zero-order chi connectivity index (χ0) is 16.4. The monoisotopic (exact) mass is 327 g/mol. The molecule has 1 unspecified atom stereocenters. The first kappa shape index (κ1) is 15.6. The Morgan fingerprint density at radius 2 is 1.96 bits per heavy atom. The molecular weight excluding hydrogens is 314 g/mol. The van der Waals surface area contributed by atoms with Crippen molar-refractivity contribution in [3.8, 4) is 0 Å². The Morgan fingerprint density at radius 3 is 2.70 bits per heavy atom. The molecule has 1 heterocycles. The summed E-state index contributed by atoms with van der Waals surface area (Å²) in [6.07, 6.45) is 0.323. The van der Waals surface area contributed by atoms with Crippen molar-refractivity contribution in [1.29, 1.82) is 0 Å². The highest BCUT2D eigenvalue weighted by molar-refractivity contribution is 6.31. The highest BCUT2D eigenvalue weighted by atomic mass is 35.5. The van der Waals surface area contributed by atoms with Gasteiger partial charge in [-0.15, -0.1) is 0 Å². The van der Waals surface area contributed by atoms with E-state index in [-0.39, 0.29) is 12.3 Å². The first-order valence-electron chi connectivity index (χ1n) is 7.20. The molecule has 0 N–H and O–H groups in total. The fraction of sp³-hybridized carbons (Fsp3) is 0.167. The Labute approximate surface area is 138 Å². The summed E-state index contributed by atoms with van der Waals surface area (Å²) in [5.74, 6) is -0.669. The molecule has 0 radical (unpaired) electrons. The molecule has 1 atom stereocenters. The van der Waals surface area contributed by atoms with E-state index in [9.17, 15) is 14.4 Å².